The van der Waals surface area contributed by atoms with Crippen molar-refractivity contribution in [2.45, 2.75) is 6.92 Å². The van der Waals surface area contributed by atoms with Gasteiger partial charge in [-0.05, 0) is 31.2 Å². The van der Waals surface area contributed by atoms with Gasteiger partial charge in [-0.2, -0.15) is 0 Å². The number of carbonyl (C=O) groups is 3. The van der Waals surface area contributed by atoms with Crippen LogP contribution in [0, 0.1) is 0 Å². The maximum absolute atomic E-state index is 12.1. The molecule has 0 radical (unpaired) electrons. The fourth-order valence-corrected chi connectivity index (χ4v) is 1.98. The van der Waals surface area contributed by atoms with Crippen LogP contribution in [0.1, 0.15) is 6.92 Å². The molecule has 106 valence electrons. The number of ether oxygens (including phenoxy) is 1. The Morgan fingerprint density at radius 3 is 2.55 bits per heavy atom. The van der Waals surface area contributed by atoms with E-state index in [2.05, 4.69) is 0 Å². The molecule has 0 unspecified atom stereocenters. The Bertz CT molecular complexity index is 544. The van der Waals surface area contributed by atoms with E-state index in [4.69, 9.17) is 16.3 Å². The second-order valence-electron chi connectivity index (χ2n) is 4.13. The van der Waals surface area contributed by atoms with Crippen molar-refractivity contribution in [1.82, 2.24) is 4.90 Å². The average Bonchev–Trinajstić information content (AvgIpc) is 2.68. The molecule has 0 N–H and O–H groups in total. The van der Waals surface area contributed by atoms with E-state index >= 15 is 0 Å². The molecule has 1 aliphatic heterocycles. The molecular weight excluding hydrogens is 284 g/mol. The Kier molecular flexibility index (Phi) is 4.24. The minimum absolute atomic E-state index is 0.0974. The number of halogens is 1. The normalized spacial score (nSPS) is 14.9. The summed E-state index contributed by atoms with van der Waals surface area (Å²) >= 11 is 5.77. The number of anilines is 1. The summed E-state index contributed by atoms with van der Waals surface area (Å²) in [7, 11) is 0. The summed E-state index contributed by atoms with van der Waals surface area (Å²) in [4.78, 5) is 37.5. The fraction of sp³-hybridized carbons (Fsp3) is 0.308. The van der Waals surface area contributed by atoms with E-state index in [0.29, 0.717) is 10.7 Å². The Labute approximate surface area is 120 Å². The molecule has 7 heteroatoms. The van der Waals surface area contributed by atoms with Gasteiger partial charge in [-0.25, -0.2) is 4.79 Å². The lowest BCUT2D eigenvalue weighted by atomic mass is 10.3. The van der Waals surface area contributed by atoms with E-state index in [-0.39, 0.29) is 19.7 Å². The summed E-state index contributed by atoms with van der Waals surface area (Å²) in [6.07, 6.45) is 0. The number of imide groups is 1. The van der Waals surface area contributed by atoms with Crippen LogP contribution in [-0.4, -0.2) is 42.5 Å². The van der Waals surface area contributed by atoms with Gasteiger partial charge in [0.05, 0.1) is 6.61 Å². The van der Waals surface area contributed by atoms with Crippen LogP contribution in [0.4, 0.5) is 10.5 Å². The van der Waals surface area contributed by atoms with Crippen molar-refractivity contribution in [3.8, 4) is 0 Å². The lowest BCUT2D eigenvalue weighted by Gasteiger charge is -2.16. The highest BCUT2D eigenvalue weighted by Gasteiger charge is 2.38. The van der Waals surface area contributed by atoms with Crippen LogP contribution in [0.3, 0.4) is 0 Å². The molecule has 1 aromatic carbocycles. The highest BCUT2D eigenvalue weighted by molar-refractivity contribution is 6.30. The molecule has 0 saturated carbocycles. The fourth-order valence-electron chi connectivity index (χ4n) is 1.85. The zero-order valence-electron chi connectivity index (χ0n) is 10.8. The molecule has 0 aliphatic carbocycles. The monoisotopic (exact) mass is 296 g/mol. The second kappa shape index (κ2) is 5.92. The van der Waals surface area contributed by atoms with Gasteiger partial charge in [0.1, 0.15) is 13.1 Å². The maximum Gasteiger partial charge on any atom is 0.332 e. The predicted octanol–water partition coefficient (Wildman–Crippen LogP) is 1.67. The van der Waals surface area contributed by atoms with E-state index in [0.717, 1.165) is 4.90 Å². The van der Waals surface area contributed by atoms with Crippen molar-refractivity contribution in [2.75, 3.05) is 24.6 Å². The van der Waals surface area contributed by atoms with E-state index in [1.165, 1.54) is 4.90 Å². The summed E-state index contributed by atoms with van der Waals surface area (Å²) in [5, 5.41) is 0.537. The molecule has 1 aromatic rings. The van der Waals surface area contributed by atoms with Crippen molar-refractivity contribution in [1.29, 1.82) is 0 Å². The maximum atomic E-state index is 12.1. The first-order valence-corrected chi connectivity index (χ1v) is 6.43. The van der Waals surface area contributed by atoms with Crippen LogP contribution in [-0.2, 0) is 14.3 Å². The number of hydrogen-bond acceptors (Lipinski definition) is 4. The molecule has 0 atom stereocenters. The van der Waals surface area contributed by atoms with Gasteiger partial charge in [-0.1, -0.05) is 11.6 Å². The number of amides is 3. The van der Waals surface area contributed by atoms with E-state index in [1.807, 2.05) is 0 Å². The quantitative estimate of drug-likeness (QED) is 0.626. The molecule has 1 saturated heterocycles. The number of nitrogens with zero attached hydrogens (tertiary/aromatic N) is 2. The molecule has 2 rings (SSSR count). The zero-order chi connectivity index (χ0) is 14.7. The first-order chi connectivity index (χ1) is 9.52. The van der Waals surface area contributed by atoms with Crippen LogP contribution in [0.2, 0.25) is 5.02 Å². The Balaban J connectivity index is 2.12. The molecule has 0 aromatic heterocycles. The molecule has 3 amide bonds. The summed E-state index contributed by atoms with van der Waals surface area (Å²) in [6, 6.07) is 6.00. The smallest absolute Gasteiger partial charge is 0.332 e. The Hall–Kier alpha value is -2.08. The largest absolute Gasteiger partial charge is 0.465 e. The summed E-state index contributed by atoms with van der Waals surface area (Å²) < 4.78 is 4.74. The summed E-state index contributed by atoms with van der Waals surface area (Å²) in [5.41, 5.74) is 0.555. The molecule has 6 nitrogen and oxygen atoms in total. The minimum atomic E-state index is -0.604. The van der Waals surface area contributed by atoms with Crippen molar-refractivity contribution >= 4 is 35.2 Å². The van der Waals surface area contributed by atoms with E-state index in [9.17, 15) is 14.4 Å². The van der Waals surface area contributed by atoms with Gasteiger partial charge < -0.3 is 4.74 Å². The molecule has 0 bridgehead atoms. The minimum Gasteiger partial charge on any atom is -0.465 e. The molecular formula is C13H13ClN2O4. The third kappa shape index (κ3) is 2.91. The Morgan fingerprint density at radius 1 is 1.30 bits per heavy atom. The lowest BCUT2D eigenvalue weighted by Crippen LogP contribution is -2.37. The molecule has 1 heterocycles. The van der Waals surface area contributed by atoms with E-state index in [1.54, 1.807) is 31.2 Å². The lowest BCUT2D eigenvalue weighted by molar-refractivity contribution is -0.146. The third-order valence-corrected chi connectivity index (χ3v) is 3.04. The van der Waals surface area contributed by atoms with Crippen LogP contribution in [0.25, 0.3) is 0 Å². The number of esters is 1. The van der Waals surface area contributed by atoms with Gasteiger partial charge in [0.25, 0.3) is 5.91 Å². The molecule has 1 fully saturated rings. The van der Waals surface area contributed by atoms with Crippen molar-refractivity contribution in [3.05, 3.63) is 29.3 Å². The standard InChI is InChI=1S/C13H13ClN2O4/c1-2-20-12(18)8-16-11(17)7-15(13(16)19)10-5-3-9(14)4-6-10/h3-6H,2,7-8H2,1H3. The van der Waals surface area contributed by atoms with E-state index < -0.39 is 17.9 Å². The van der Waals surface area contributed by atoms with Gasteiger partial charge in [0.15, 0.2) is 0 Å². The number of carbonyl (C=O) groups excluding carboxylic acids is 3. The first kappa shape index (κ1) is 14.3. The highest BCUT2D eigenvalue weighted by Crippen LogP contribution is 2.22. The predicted molar refractivity (Wildman–Crippen MR) is 72.5 cm³/mol. The number of benzene rings is 1. The van der Waals surface area contributed by atoms with Crippen LogP contribution >= 0.6 is 11.6 Å². The van der Waals surface area contributed by atoms with Crippen LogP contribution in [0.5, 0.6) is 0 Å². The van der Waals surface area contributed by atoms with Gasteiger partial charge in [0, 0.05) is 10.7 Å². The molecule has 20 heavy (non-hydrogen) atoms. The first-order valence-electron chi connectivity index (χ1n) is 6.06. The van der Waals surface area contributed by atoms with Crippen molar-refractivity contribution in [2.24, 2.45) is 0 Å². The van der Waals surface area contributed by atoms with Gasteiger partial charge >= 0.3 is 12.0 Å². The highest BCUT2D eigenvalue weighted by atomic mass is 35.5. The second-order valence-corrected chi connectivity index (χ2v) is 4.57. The molecule has 0 spiro atoms. The number of urea groups is 1. The molecule has 1 aliphatic rings. The summed E-state index contributed by atoms with van der Waals surface area (Å²) in [5.74, 6) is -1.04. The SMILES string of the molecule is CCOC(=O)CN1C(=O)CN(c2ccc(Cl)cc2)C1=O. The summed E-state index contributed by atoms with van der Waals surface area (Å²) in [6.45, 7) is 1.40. The number of hydrogen-bond donors (Lipinski definition) is 0. The third-order valence-electron chi connectivity index (χ3n) is 2.79. The van der Waals surface area contributed by atoms with Crippen LogP contribution in [0.15, 0.2) is 24.3 Å². The topological polar surface area (TPSA) is 66.9 Å². The Morgan fingerprint density at radius 2 is 1.95 bits per heavy atom. The zero-order valence-corrected chi connectivity index (χ0v) is 11.6. The van der Waals surface area contributed by atoms with Crippen molar-refractivity contribution in [3.63, 3.8) is 0 Å². The average molecular weight is 297 g/mol. The van der Waals surface area contributed by atoms with Crippen molar-refractivity contribution < 1.29 is 19.1 Å². The van der Waals surface area contributed by atoms with Gasteiger partial charge in [0.2, 0.25) is 0 Å². The van der Waals surface area contributed by atoms with Crippen LogP contribution < -0.4 is 4.90 Å². The van der Waals surface area contributed by atoms with Gasteiger partial charge in [-0.3, -0.25) is 19.4 Å². The van der Waals surface area contributed by atoms with Gasteiger partial charge in [-0.15, -0.1) is 0 Å². The number of rotatable bonds is 4.